The molecule has 126 valence electrons. The summed E-state index contributed by atoms with van der Waals surface area (Å²) in [4.78, 5) is 4.85. The first kappa shape index (κ1) is 15.6. The fraction of sp³-hybridized carbons (Fsp3) is 0.200. The number of rotatable bonds is 3. The minimum atomic E-state index is 0.0160. The van der Waals surface area contributed by atoms with Gasteiger partial charge in [-0.2, -0.15) is 0 Å². The second-order valence-electron chi connectivity index (χ2n) is 6.19. The van der Waals surface area contributed by atoms with Crippen LogP contribution in [0.1, 0.15) is 22.8 Å². The van der Waals surface area contributed by atoms with Crippen LogP contribution in [0.3, 0.4) is 0 Å². The average molecular weight is 334 g/mol. The van der Waals surface area contributed by atoms with E-state index in [1.807, 2.05) is 57.2 Å². The number of hydrogen-bond donors (Lipinski definition) is 1. The third-order valence-electron chi connectivity index (χ3n) is 4.32. The molecule has 0 fully saturated rings. The predicted octanol–water partition coefficient (Wildman–Crippen LogP) is 4.57. The number of furan rings is 1. The molecule has 0 spiro atoms. The van der Waals surface area contributed by atoms with E-state index in [9.17, 15) is 5.11 Å². The Bertz CT molecular complexity index is 1040. The summed E-state index contributed by atoms with van der Waals surface area (Å²) in [6.07, 6.45) is 0. The average Bonchev–Trinajstić information content (AvgIpc) is 3.15. The van der Waals surface area contributed by atoms with Crippen LogP contribution < -0.4 is 0 Å². The molecular weight excluding hydrogens is 316 g/mol. The van der Waals surface area contributed by atoms with Crippen molar-refractivity contribution in [1.29, 1.82) is 0 Å². The molecular formula is C20H18N2O3. The Hall–Kier alpha value is -2.92. The van der Waals surface area contributed by atoms with Crippen molar-refractivity contribution in [3.8, 4) is 22.5 Å². The van der Waals surface area contributed by atoms with Crippen molar-refractivity contribution in [2.24, 2.45) is 0 Å². The molecule has 4 rings (SSSR count). The molecule has 0 aliphatic heterocycles. The number of pyridine rings is 1. The fourth-order valence-electron chi connectivity index (χ4n) is 3.12. The Kier molecular flexibility index (Phi) is 3.66. The van der Waals surface area contributed by atoms with E-state index < -0.39 is 0 Å². The van der Waals surface area contributed by atoms with Crippen molar-refractivity contribution in [2.45, 2.75) is 27.4 Å². The van der Waals surface area contributed by atoms with Gasteiger partial charge in [-0.1, -0.05) is 29.4 Å². The van der Waals surface area contributed by atoms with Gasteiger partial charge in [-0.05, 0) is 38.5 Å². The molecule has 0 aliphatic carbocycles. The van der Waals surface area contributed by atoms with Gasteiger partial charge in [0.1, 0.15) is 17.2 Å². The first-order valence-electron chi connectivity index (χ1n) is 8.11. The summed E-state index contributed by atoms with van der Waals surface area (Å²) in [5.41, 5.74) is 5.85. The van der Waals surface area contributed by atoms with Crippen LogP contribution in [0.15, 0.2) is 45.3 Å². The molecule has 0 aliphatic rings. The molecule has 0 atom stereocenters. The number of aliphatic hydroxyl groups is 1. The molecule has 0 radical (unpaired) electrons. The molecule has 0 amide bonds. The molecule has 3 aromatic heterocycles. The lowest BCUT2D eigenvalue weighted by Gasteiger charge is -2.07. The van der Waals surface area contributed by atoms with Gasteiger partial charge in [-0.25, -0.2) is 4.98 Å². The summed E-state index contributed by atoms with van der Waals surface area (Å²) in [5, 5.41) is 14.3. The van der Waals surface area contributed by atoms with E-state index in [4.69, 9.17) is 13.9 Å². The van der Waals surface area contributed by atoms with E-state index in [1.165, 1.54) is 0 Å². The second-order valence-corrected chi connectivity index (χ2v) is 6.19. The Balaban J connectivity index is 1.98. The van der Waals surface area contributed by atoms with E-state index in [-0.39, 0.29) is 6.61 Å². The van der Waals surface area contributed by atoms with Crippen molar-refractivity contribution >= 4 is 11.0 Å². The van der Waals surface area contributed by atoms with E-state index in [2.05, 4.69) is 5.16 Å². The van der Waals surface area contributed by atoms with E-state index in [1.54, 1.807) is 0 Å². The molecule has 0 bridgehead atoms. The number of hydrogen-bond acceptors (Lipinski definition) is 5. The smallest absolute Gasteiger partial charge is 0.160 e. The molecule has 0 unspecified atom stereocenters. The highest BCUT2D eigenvalue weighted by Crippen LogP contribution is 2.35. The largest absolute Gasteiger partial charge is 0.459 e. The Labute approximate surface area is 144 Å². The topological polar surface area (TPSA) is 72.3 Å². The summed E-state index contributed by atoms with van der Waals surface area (Å²) in [6.45, 7) is 5.74. The van der Waals surface area contributed by atoms with Gasteiger partial charge >= 0.3 is 0 Å². The van der Waals surface area contributed by atoms with Crippen LogP contribution in [0, 0.1) is 20.8 Å². The zero-order valence-corrected chi connectivity index (χ0v) is 14.3. The van der Waals surface area contributed by atoms with Crippen molar-refractivity contribution in [2.75, 3.05) is 0 Å². The minimum absolute atomic E-state index is 0.0160. The number of nitrogens with zero attached hydrogens (tertiary/aromatic N) is 2. The first-order chi connectivity index (χ1) is 12.1. The third kappa shape index (κ3) is 2.62. The fourth-order valence-corrected chi connectivity index (χ4v) is 3.12. The van der Waals surface area contributed by atoms with Gasteiger partial charge in [0.2, 0.25) is 0 Å². The van der Waals surface area contributed by atoms with Crippen LogP contribution in [0.5, 0.6) is 0 Å². The third-order valence-corrected chi connectivity index (χ3v) is 4.32. The Morgan fingerprint density at radius 1 is 1.04 bits per heavy atom. The molecule has 5 heteroatoms. The van der Waals surface area contributed by atoms with Gasteiger partial charge < -0.3 is 14.0 Å². The summed E-state index contributed by atoms with van der Waals surface area (Å²) < 4.78 is 11.2. The quantitative estimate of drug-likeness (QED) is 0.594. The molecule has 1 N–H and O–H groups in total. The van der Waals surface area contributed by atoms with E-state index in [0.29, 0.717) is 0 Å². The molecule has 1 aromatic carbocycles. The number of aliphatic hydroxyl groups excluding tert-OH is 1. The van der Waals surface area contributed by atoms with Gasteiger partial charge in [0.05, 0.1) is 23.6 Å². The maximum Gasteiger partial charge on any atom is 0.160 e. The van der Waals surface area contributed by atoms with Crippen molar-refractivity contribution in [3.63, 3.8) is 0 Å². The molecule has 0 saturated carbocycles. The van der Waals surface area contributed by atoms with Crippen molar-refractivity contribution < 1.29 is 14.0 Å². The molecule has 3 heterocycles. The van der Waals surface area contributed by atoms with Crippen LogP contribution in [0.2, 0.25) is 0 Å². The number of fused-ring (bicyclic) bond motifs is 1. The molecule has 5 nitrogen and oxygen atoms in total. The van der Waals surface area contributed by atoms with E-state index in [0.717, 1.165) is 56.3 Å². The second kappa shape index (κ2) is 5.86. The van der Waals surface area contributed by atoms with Crippen LogP contribution in [0.25, 0.3) is 33.5 Å². The van der Waals surface area contributed by atoms with Crippen LogP contribution in [-0.4, -0.2) is 15.2 Å². The van der Waals surface area contributed by atoms with Crippen LogP contribution in [0.4, 0.5) is 0 Å². The lowest BCUT2D eigenvalue weighted by Crippen LogP contribution is -1.92. The van der Waals surface area contributed by atoms with Gasteiger partial charge in [0.25, 0.3) is 0 Å². The lowest BCUT2D eigenvalue weighted by molar-refractivity contribution is 0.282. The van der Waals surface area contributed by atoms with Crippen LogP contribution in [-0.2, 0) is 6.61 Å². The van der Waals surface area contributed by atoms with Gasteiger partial charge in [-0.3, -0.25) is 0 Å². The summed E-state index contributed by atoms with van der Waals surface area (Å²) in [7, 11) is 0. The monoisotopic (exact) mass is 334 g/mol. The van der Waals surface area contributed by atoms with Crippen molar-refractivity contribution in [1.82, 2.24) is 10.1 Å². The highest BCUT2D eigenvalue weighted by atomic mass is 16.5. The summed E-state index contributed by atoms with van der Waals surface area (Å²) >= 11 is 0. The summed E-state index contributed by atoms with van der Waals surface area (Å²) in [6, 6.07) is 11.7. The predicted molar refractivity (Wildman–Crippen MR) is 95.1 cm³/mol. The molecule has 4 aromatic rings. The molecule has 0 saturated heterocycles. The maximum atomic E-state index is 9.25. The van der Waals surface area contributed by atoms with Gasteiger partial charge in [-0.15, -0.1) is 0 Å². The van der Waals surface area contributed by atoms with E-state index >= 15 is 0 Å². The zero-order valence-electron chi connectivity index (χ0n) is 14.3. The van der Waals surface area contributed by atoms with Gasteiger partial charge in [0.15, 0.2) is 5.58 Å². The Morgan fingerprint density at radius 2 is 1.80 bits per heavy atom. The Morgan fingerprint density at radius 3 is 2.44 bits per heavy atom. The maximum absolute atomic E-state index is 9.25. The summed E-state index contributed by atoms with van der Waals surface area (Å²) in [5.74, 6) is 1.58. The highest BCUT2D eigenvalue weighted by Gasteiger charge is 2.18. The highest BCUT2D eigenvalue weighted by molar-refractivity contribution is 5.93. The van der Waals surface area contributed by atoms with Crippen LogP contribution >= 0.6 is 0 Å². The van der Waals surface area contributed by atoms with Gasteiger partial charge in [0, 0.05) is 10.9 Å². The number of aryl methyl sites for hydroxylation is 3. The normalized spacial score (nSPS) is 11.4. The zero-order chi connectivity index (χ0) is 17.6. The number of aromatic nitrogens is 2. The standard InChI is InChI=1S/C20H18N2O3/c1-11-8-16-9-17(18-12(2)22-25-13(18)3)21-19(20(16)24-11)15-6-4-14(10-23)5-7-15/h4-9,23H,10H2,1-3H3. The van der Waals surface area contributed by atoms with Crippen molar-refractivity contribution in [3.05, 3.63) is 59.2 Å². The minimum Gasteiger partial charge on any atom is -0.459 e. The first-order valence-corrected chi connectivity index (χ1v) is 8.11. The lowest BCUT2D eigenvalue weighted by atomic mass is 10.0. The SMILES string of the molecule is Cc1cc2cc(-c3c(C)noc3C)nc(-c3ccc(CO)cc3)c2o1. The molecule has 25 heavy (non-hydrogen) atoms. The number of benzene rings is 1.